The van der Waals surface area contributed by atoms with Crippen molar-refractivity contribution < 1.29 is 28.6 Å². The fraction of sp³-hybridized carbons (Fsp3) is 0.450. The van der Waals surface area contributed by atoms with Crippen LogP contribution in [0.1, 0.15) is 31.7 Å². The van der Waals surface area contributed by atoms with Crippen LogP contribution in [-0.2, 0) is 28.6 Å². The Kier molecular flexibility index (Phi) is 6.18. The van der Waals surface area contributed by atoms with Crippen molar-refractivity contribution in [3.8, 4) is 0 Å². The number of allylic oxidation sites excluding steroid dienone is 2. The third-order valence-corrected chi connectivity index (χ3v) is 5.06. The number of methoxy groups -OCH3 is 3. The quantitative estimate of drug-likeness (QED) is 0.456. The van der Waals surface area contributed by atoms with Gasteiger partial charge in [-0.05, 0) is 36.8 Å². The van der Waals surface area contributed by atoms with Crippen molar-refractivity contribution in [1.29, 1.82) is 0 Å². The first kappa shape index (κ1) is 19.7. The minimum Gasteiger partial charge on any atom is -0.469 e. The Balaban J connectivity index is 2.54. The third kappa shape index (κ3) is 3.64. The standard InChI is InChI=1S/C20H24O6/c1-13(14-8-6-5-7-9-14)16-12-20(18(22)25-3,19(23)26-4)11-15(16)10-17(21)24-2/h5-9,15H,10-12H2,1-4H3/b16-13+. The van der Waals surface area contributed by atoms with Crippen molar-refractivity contribution >= 4 is 23.5 Å². The molecule has 6 nitrogen and oxygen atoms in total. The minimum atomic E-state index is -1.44. The summed E-state index contributed by atoms with van der Waals surface area (Å²) in [5, 5.41) is 0. The van der Waals surface area contributed by atoms with Crippen molar-refractivity contribution in [1.82, 2.24) is 0 Å². The molecule has 1 unspecified atom stereocenters. The van der Waals surface area contributed by atoms with Crippen LogP contribution in [0.25, 0.3) is 5.57 Å². The van der Waals surface area contributed by atoms with Gasteiger partial charge < -0.3 is 14.2 Å². The van der Waals surface area contributed by atoms with Gasteiger partial charge in [-0.3, -0.25) is 14.4 Å². The molecule has 0 heterocycles. The van der Waals surface area contributed by atoms with Crippen LogP contribution in [0.3, 0.4) is 0 Å². The van der Waals surface area contributed by atoms with Crippen molar-refractivity contribution in [2.45, 2.75) is 26.2 Å². The summed E-state index contributed by atoms with van der Waals surface area (Å²) >= 11 is 0. The van der Waals surface area contributed by atoms with E-state index < -0.39 is 17.4 Å². The van der Waals surface area contributed by atoms with E-state index in [1.165, 1.54) is 21.3 Å². The zero-order valence-corrected chi connectivity index (χ0v) is 15.5. The first-order valence-corrected chi connectivity index (χ1v) is 8.38. The van der Waals surface area contributed by atoms with E-state index >= 15 is 0 Å². The Labute approximate surface area is 153 Å². The van der Waals surface area contributed by atoms with Gasteiger partial charge in [0.2, 0.25) is 0 Å². The number of carbonyl (C=O) groups excluding carboxylic acids is 3. The second-order valence-corrected chi connectivity index (χ2v) is 6.44. The zero-order chi connectivity index (χ0) is 19.3. The fourth-order valence-corrected chi connectivity index (χ4v) is 3.66. The van der Waals surface area contributed by atoms with E-state index in [1.807, 2.05) is 37.3 Å². The first-order valence-electron chi connectivity index (χ1n) is 8.38. The molecule has 140 valence electrons. The van der Waals surface area contributed by atoms with E-state index in [0.717, 1.165) is 16.7 Å². The van der Waals surface area contributed by atoms with Gasteiger partial charge in [-0.2, -0.15) is 0 Å². The summed E-state index contributed by atoms with van der Waals surface area (Å²) in [6.07, 6.45) is 0.404. The van der Waals surface area contributed by atoms with Gasteiger partial charge in [0.15, 0.2) is 5.41 Å². The molecule has 0 bridgehead atoms. The molecule has 2 rings (SSSR count). The normalized spacial score (nSPS) is 20.2. The highest BCUT2D eigenvalue weighted by molar-refractivity contribution is 6.01. The van der Waals surface area contributed by atoms with Gasteiger partial charge in [0.25, 0.3) is 0 Å². The Morgan fingerprint density at radius 1 is 1.00 bits per heavy atom. The van der Waals surface area contributed by atoms with Crippen LogP contribution in [0.15, 0.2) is 35.9 Å². The van der Waals surface area contributed by atoms with Crippen molar-refractivity contribution in [2.24, 2.45) is 11.3 Å². The third-order valence-electron chi connectivity index (χ3n) is 5.06. The summed E-state index contributed by atoms with van der Waals surface area (Å²) in [4.78, 5) is 36.8. The van der Waals surface area contributed by atoms with Crippen molar-refractivity contribution in [3.05, 3.63) is 41.5 Å². The van der Waals surface area contributed by atoms with E-state index in [4.69, 9.17) is 14.2 Å². The van der Waals surface area contributed by atoms with Crippen molar-refractivity contribution in [2.75, 3.05) is 21.3 Å². The summed E-state index contributed by atoms with van der Waals surface area (Å²) in [5.41, 5.74) is 1.35. The van der Waals surface area contributed by atoms with E-state index in [0.29, 0.717) is 0 Å². The first-order chi connectivity index (χ1) is 12.4. The molecule has 0 spiro atoms. The van der Waals surface area contributed by atoms with Crippen LogP contribution in [-0.4, -0.2) is 39.2 Å². The Bertz CT molecular complexity index is 703. The number of carbonyl (C=O) groups is 3. The molecule has 1 aromatic carbocycles. The zero-order valence-electron chi connectivity index (χ0n) is 15.5. The van der Waals surface area contributed by atoms with Gasteiger partial charge in [-0.15, -0.1) is 0 Å². The van der Waals surface area contributed by atoms with E-state index in [-0.39, 0.29) is 31.1 Å². The molecule has 0 amide bonds. The molecule has 0 N–H and O–H groups in total. The maximum Gasteiger partial charge on any atom is 0.323 e. The molecule has 1 aliphatic carbocycles. The summed E-state index contributed by atoms with van der Waals surface area (Å²) in [5.74, 6) is -1.98. The molecule has 1 atom stereocenters. The molecule has 0 radical (unpaired) electrons. The number of ether oxygens (including phenoxy) is 3. The van der Waals surface area contributed by atoms with Crippen LogP contribution >= 0.6 is 0 Å². The lowest BCUT2D eigenvalue weighted by Gasteiger charge is -2.22. The van der Waals surface area contributed by atoms with Crippen LogP contribution in [0.2, 0.25) is 0 Å². The van der Waals surface area contributed by atoms with Crippen molar-refractivity contribution in [3.63, 3.8) is 0 Å². The van der Waals surface area contributed by atoms with Crippen LogP contribution < -0.4 is 0 Å². The molecule has 26 heavy (non-hydrogen) atoms. The van der Waals surface area contributed by atoms with Gasteiger partial charge in [0.1, 0.15) is 0 Å². The van der Waals surface area contributed by atoms with Crippen LogP contribution in [0.4, 0.5) is 0 Å². The van der Waals surface area contributed by atoms with Crippen LogP contribution in [0, 0.1) is 11.3 Å². The second-order valence-electron chi connectivity index (χ2n) is 6.44. The summed E-state index contributed by atoms with van der Waals surface area (Å²) in [7, 11) is 3.81. The van der Waals surface area contributed by atoms with E-state index in [1.54, 1.807) is 0 Å². The highest BCUT2D eigenvalue weighted by Crippen LogP contribution is 2.50. The second kappa shape index (κ2) is 8.17. The Morgan fingerprint density at radius 3 is 2.08 bits per heavy atom. The summed E-state index contributed by atoms with van der Waals surface area (Å²) in [6.45, 7) is 1.93. The molecule has 0 aliphatic heterocycles. The average Bonchev–Trinajstić information content (AvgIpc) is 3.06. The minimum absolute atomic E-state index is 0.0890. The Morgan fingerprint density at radius 2 is 1.58 bits per heavy atom. The molecule has 1 saturated carbocycles. The van der Waals surface area contributed by atoms with Gasteiger partial charge in [-0.1, -0.05) is 35.9 Å². The number of esters is 3. The Hall–Kier alpha value is -2.63. The SMILES string of the molecule is COC(=O)CC1CC(C(=O)OC)(C(=O)OC)C/C1=C(/C)c1ccccc1. The van der Waals surface area contributed by atoms with Gasteiger partial charge in [-0.25, -0.2) is 0 Å². The number of hydrogen-bond donors (Lipinski definition) is 0. The molecular weight excluding hydrogens is 336 g/mol. The number of hydrogen-bond acceptors (Lipinski definition) is 6. The summed E-state index contributed by atoms with van der Waals surface area (Å²) < 4.78 is 14.6. The highest BCUT2D eigenvalue weighted by atomic mass is 16.5. The lowest BCUT2D eigenvalue weighted by atomic mass is 9.84. The largest absolute Gasteiger partial charge is 0.469 e. The average molecular weight is 360 g/mol. The maximum absolute atomic E-state index is 12.5. The van der Waals surface area contributed by atoms with Crippen LogP contribution in [0.5, 0.6) is 0 Å². The van der Waals surface area contributed by atoms with Gasteiger partial charge in [0, 0.05) is 0 Å². The lowest BCUT2D eigenvalue weighted by molar-refractivity contribution is -0.169. The molecular formula is C20H24O6. The molecule has 1 fully saturated rings. The number of rotatable bonds is 5. The predicted octanol–water partition coefficient (Wildman–Crippen LogP) is 2.77. The fourth-order valence-electron chi connectivity index (χ4n) is 3.66. The molecule has 1 aliphatic rings. The topological polar surface area (TPSA) is 78.9 Å². The molecule has 6 heteroatoms. The summed E-state index contributed by atoms with van der Waals surface area (Å²) in [6, 6.07) is 9.64. The lowest BCUT2D eigenvalue weighted by Crippen LogP contribution is -2.39. The smallest absolute Gasteiger partial charge is 0.323 e. The number of benzene rings is 1. The molecule has 1 aromatic rings. The van der Waals surface area contributed by atoms with E-state index in [2.05, 4.69) is 0 Å². The van der Waals surface area contributed by atoms with Gasteiger partial charge >= 0.3 is 17.9 Å². The van der Waals surface area contributed by atoms with E-state index in [9.17, 15) is 14.4 Å². The van der Waals surface area contributed by atoms with Gasteiger partial charge in [0.05, 0.1) is 27.8 Å². The monoisotopic (exact) mass is 360 g/mol. The highest BCUT2D eigenvalue weighted by Gasteiger charge is 2.56. The molecule has 0 saturated heterocycles. The predicted molar refractivity (Wildman–Crippen MR) is 94.9 cm³/mol. The molecule has 0 aromatic heterocycles. The maximum atomic E-state index is 12.5.